The summed E-state index contributed by atoms with van der Waals surface area (Å²) < 4.78 is 24.5. The number of benzene rings is 2. The first kappa shape index (κ1) is 18.6. The number of fused-ring (bicyclic) bond motifs is 1. The average molecular weight is 368 g/mol. The maximum Gasteiger partial charge on any atom is 0.252 e. The van der Waals surface area contributed by atoms with Crippen molar-refractivity contribution >= 4 is 16.8 Å². The molecule has 0 saturated heterocycles. The van der Waals surface area contributed by atoms with Crippen molar-refractivity contribution in [2.75, 3.05) is 14.2 Å². The lowest BCUT2D eigenvalue weighted by Crippen LogP contribution is -2.30. The van der Waals surface area contributed by atoms with E-state index in [0.29, 0.717) is 39.2 Å². The molecule has 27 heavy (non-hydrogen) atoms. The Morgan fingerprint density at radius 3 is 2.52 bits per heavy atom. The van der Waals surface area contributed by atoms with E-state index in [1.165, 1.54) is 12.1 Å². The second-order valence-electron chi connectivity index (χ2n) is 6.41. The Hall–Kier alpha value is -3.15. The number of carbonyl (C=O) groups excluding carboxylic acids is 1. The van der Waals surface area contributed by atoms with Gasteiger partial charge in [0.1, 0.15) is 17.3 Å². The molecule has 0 aliphatic rings. The molecule has 3 rings (SSSR count). The smallest absolute Gasteiger partial charge is 0.252 e. The van der Waals surface area contributed by atoms with Gasteiger partial charge in [-0.15, -0.1) is 0 Å². The van der Waals surface area contributed by atoms with Crippen LogP contribution in [-0.4, -0.2) is 31.2 Å². The van der Waals surface area contributed by atoms with Gasteiger partial charge in [-0.25, -0.2) is 9.37 Å². The van der Waals surface area contributed by atoms with Crippen molar-refractivity contribution in [1.29, 1.82) is 0 Å². The molecule has 1 aromatic heterocycles. The third-order valence-corrected chi connectivity index (χ3v) is 4.12. The first-order valence-corrected chi connectivity index (χ1v) is 8.56. The molecule has 0 aliphatic heterocycles. The summed E-state index contributed by atoms with van der Waals surface area (Å²) in [5.41, 5.74) is 2.16. The number of rotatable bonds is 5. The molecule has 0 bridgehead atoms. The lowest BCUT2D eigenvalue weighted by atomic mass is 10.0. The molecule has 0 spiro atoms. The van der Waals surface area contributed by atoms with E-state index >= 15 is 0 Å². The van der Waals surface area contributed by atoms with Gasteiger partial charge in [-0.1, -0.05) is 0 Å². The summed E-state index contributed by atoms with van der Waals surface area (Å²) >= 11 is 0. The SMILES string of the molecule is COc1ccc(-c2cc(C(=O)NC(C)C)c3cc(F)ccc3n2)c(OC)c1. The maximum absolute atomic E-state index is 13.8. The summed E-state index contributed by atoms with van der Waals surface area (Å²) in [4.78, 5) is 17.3. The predicted molar refractivity (Wildman–Crippen MR) is 103 cm³/mol. The highest BCUT2D eigenvalue weighted by molar-refractivity contribution is 6.07. The van der Waals surface area contributed by atoms with E-state index in [1.54, 1.807) is 38.5 Å². The second kappa shape index (κ2) is 7.61. The number of amides is 1. The van der Waals surface area contributed by atoms with Gasteiger partial charge in [-0.3, -0.25) is 4.79 Å². The molecule has 2 aromatic carbocycles. The van der Waals surface area contributed by atoms with Crippen LogP contribution in [0.2, 0.25) is 0 Å². The van der Waals surface area contributed by atoms with Gasteiger partial charge in [-0.2, -0.15) is 0 Å². The predicted octanol–water partition coefficient (Wildman–Crippen LogP) is 4.20. The Balaban J connectivity index is 2.23. The van der Waals surface area contributed by atoms with E-state index in [2.05, 4.69) is 10.3 Å². The zero-order valence-electron chi connectivity index (χ0n) is 15.7. The molecule has 3 aromatic rings. The first-order valence-electron chi connectivity index (χ1n) is 8.56. The third kappa shape index (κ3) is 3.84. The molecule has 1 N–H and O–H groups in total. The number of ether oxygens (including phenoxy) is 2. The molecule has 1 amide bonds. The fourth-order valence-corrected chi connectivity index (χ4v) is 2.87. The Labute approximate surface area is 157 Å². The largest absolute Gasteiger partial charge is 0.497 e. The molecular formula is C21H21FN2O3. The summed E-state index contributed by atoms with van der Waals surface area (Å²) in [5.74, 6) is 0.518. The second-order valence-corrected chi connectivity index (χ2v) is 6.41. The third-order valence-electron chi connectivity index (χ3n) is 4.12. The maximum atomic E-state index is 13.8. The standard InChI is InChI=1S/C21H21FN2O3/c1-12(2)23-21(25)17-11-19(24-18-8-5-13(22)9-16(17)18)15-7-6-14(26-3)10-20(15)27-4/h5-12H,1-4H3,(H,23,25). The Morgan fingerprint density at radius 1 is 1.07 bits per heavy atom. The van der Waals surface area contributed by atoms with Gasteiger partial charge < -0.3 is 14.8 Å². The van der Waals surface area contributed by atoms with Crippen molar-refractivity contribution in [2.45, 2.75) is 19.9 Å². The molecule has 5 nitrogen and oxygen atoms in total. The number of methoxy groups -OCH3 is 2. The van der Waals surface area contributed by atoms with E-state index in [0.717, 1.165) is 0 Å². The van der Waals surface area contributed by atoms with Crippen LogP contribution in [0.3, 0.4) is 0 Å². The minimum absolute atomic E-state index is 0.0479. The molecule has 0 radical (unpaired) electrons. The minimum atomic E-state index is -0.419. The van der Waals surface area contributed by atoms with Crippen LogP contribution in [0.15, 0.2) is 42.5 Å². The van der Waals surface area contributed by atoms with E-state index in [1.807, 2.05) is 19.9 Å². The fraction of sp³-hybridized carbons (Fsp3) is 0.238. The van der Waals surface area contributed by atoms with Crippen LogP contribution in [0.5, 0.6) is 11.5 Å². The van der Waals surface area contributed by atoms with Gasteiger partial charge in [0.15, 0.2) is 0 Å². The number of nitrogens with one attached hydrogen (secondary N) is 1. The van der Waals surface area contributed by atoms with Crippen LogP contribution >= 0.6 is 0 Å². The van der Waals surface area contributed by atoms with Gasteiger partial charge in [0.05, 0.1) is 31.0 Å². The van der Waals surface area contributed by atoms with Gasteiger partial charge >= 0.3 is 0 Å². The van der Waals surface area contributed by atoms with E-state index in [9.17, 15) is 9.18 Å². The minimum Gasteiger partial charge on any atom is -0.497 e. The molecule has 0 aliphatic carbocycles. The van der Waals surface area contributed by atoms with Crippen molar-refractivity contribution in [2.24, 2.45) is 0 Å². The lowest BCUT2D eigenvalue weighted by Gasteiger charge is -2.14. The quantitative estimate of drug-likeness (QED) is 0.733. The van der Waals surface area contributed by atoms with Crippen molar-refractivity contribution in [3.8, 4) is 22.8 Å². The molecular weight excluding hydrogens is 347 g/mol. The number of pyridine rings is 1. The van der Waals surface area contributed by atoms with Crippen LogP contribution in [0.1, 0.15) is 24.2 Å². The van der Waals surface area contributed by atoms with Gasteiger partial charge in [0.25, 0.3) is 5.91 Å². The molecule has 0 atom stereocenters. The summed E-state index contributed by atoms with van der Waals surface area (Å²) in [5, 5.41) is 3.32. The van der Waals surface area contributed by atoms with Crippen molar-refractivity contribution < 1.29 is 18.7 Å². The summed E-state index contributed by atoms with van der Waals surface area (Å²) in [7, 11) is 3.13. The van der Waals surface area contributed by atoms with E-state index in [4.69, 9.17) is 9.47 Å². The van der Waals surface area contributed by atoms with Crippen LogP contribution in [0.4, 0.5) is 4.39 Å². The number of carbonyl (C=O) groups is 1. The fourth-order valence-electron chi connectivity index (χ4n) is 2.87. The zero-order chi connectivity index (χ0) is 19.6. The number of aromatic nitrogens is 1. The number of hydrogen-bond donors (Lipinski definition) is 1. The molecule has 6 heteroatoms. The van der Waals surface area contributed by atoms with Crippen LogP contribution in [0.25, 0.3) is 22.2 Å². The monoisotopic (exact) mass is 368 g/mol. The average Bonchev–Trinajstić information content (AvgIpc) is 2.66. The van der Waals surface area contributed by atoms with Crippen LogP contribution in [0, 0.1) is 5.82 Å². The molecule has 140 valence electrons. The number of nitrogens with zero attached hydrogens (tertiary/aromatic N) is 1. The van der Waals surface area contributed by atoms with Gasteiger partial charge in [0, 0.05) is 23.1 Å². The van der Waals surface area contributed by atoms with Crippen molar-refractivity contribution in [3.05, 3.63) is 53.8 Å². The van der Waals surface area contributed by atoms with E-state index < -0.39 is 5.82 Å². The van der Waals surface area contributed by atoms with Crippen molar-refractivity contribution in [3.63, 3.8) is 0 Å². The van der Waals surface area contributed by atoms with Crippen LogP contribution < -0.4 is 14.8 Å². The number of hydrogen-bond acceptors (Lipinski definition) is 4. The molecule has 0 saturated carbocycles. The topological polar surface area (TPSA) is 60.5 Å². The molecule has 1 heterocycles. The highest BCUT2D eigenvalue weighted by Gasteiger charge is 2.17. The Morgan fingerprint density at radius 2 is 1.85 bits per heavy atom. The highest BCUT2D eigenvalue weighted by atomic mass is 19.1. The van der Waals surface area contributed by atoms with Gasteiger partial charge in [0.2, 0.25) is 0 Å². The molecule has 0 fully saturated rings. The van der Waals surface area contributed by atoms with E-state index in [-0.39, 0.29) is 11.9 Å². The lowest BCUT2D eigenvalue weighted by molar-refractivity contribution is 0.0944. The summed E-state index contributed by atoms with van der Waals surface area (Å²) in [6.07, 6.45) is 0. The summed E-state index contributed by atoms with van der Waals surface area (Å²) in [6, 6.07) is 11.2. The summed E-state index contributed by atoms with van der Waals surface area (Å²) in [6.45, 7) is 3.74. The van der Waals surface area contributed by atoms with Crippen LogP contribution in [-0.2, 0) is 0 Å². The number of halogens is 1. The van der Waals surface area contributed by atoms with Gasteiger partial charge in [-0.05, 0) is 50.2 Å². The molecule has 0 unspecified atom stereocenters. The normalized spacial score (nSPS) is 10.9. The Kier molecular flexibility index (Phi) is 5.26. The van der Waals surface area contributed by atoms with Crippen molar-refractivity contribution in [1.82, 2.24) is 10.3 Å². The zero-order valence-corrected chi connectivity index (χ0v) is 15.7. The highest BCUT2D eigenvalue weighted by Crippen LogP contribution is 2.34. The first-order chi connectivity index (χ1) is 12.9. The Bertz CT molecular complexity index is 1000.